The Balaban J connectivity index is 2.44. The number of carbonyl (C=O) groups is 1. The lowest BCUT2D eigenvalue weighted by Crippen LogP contribution is -2.46. The molecule has 0 atom stereocenters. The fraction of sp³-hybridized carbons (Fsp3) is 0.929. The number of hydrogen-bond acceptors (Lipinski definition) is 3. The van der Waals surface area contributed by atoms with Crippen molar-refractivity contribution in [3.63, 3.8) is 0 Å². The number of hydrogen-bond donors (Lipinski definition) is 1. The van der Waals surface area contributed by atoms with Gasteiger partial charge in [-0.15, -0.1) is 0 Å². The lowest BCUT2D eigenvalue weighted by atomic mass is 9.77. The number of ether oxygens (including phenoxy) is 1. The monoisotopic (exact) mass is 256 g/mol. The van der Waals surface area contributed by atoms with Gasteiger partial charge in [-0.1, -0.05) is 13.3 Å². The molecule has 0 saturated heterocycles. The van der Waals surface area contributed by atoms with E-state index in [1.165, 1.54) is 19.3 Å². The van der Waals surface area contributed by atoms with Crippen LogP contribution in [0.5, 0.6) is 0 Å². The van der Waals surface area contributed by atoms with Gasteiger partial charge in [0.05, 0.1) is 5.60 Å². The molecule has 0 aromatic heterocycles. The van der Waals surface area contributed by atoms with Crippen molar-refractivity contribution in [2.24, 2.45) is 11.7 Å². The summed E-state index contributed by atoms with van der Waals surface area (Å²) in [5.41, 5.74) is 5.62. The first-order chi connectivity index (χ1) is 8.56. The molecule has 0 unspecified atom stereocenters. The van der Waals surface area contributed by atoms with Gasteiger partial charge in [-0.05, 0) is 38.5 Å². The van der Waals surface area contributed by atoms with Crippen LogP contribution in [0.15, 0.2) is 0 Å². The van der Waals surface area contributed by atoms with E-state index in [0.29, 0.717) is 6.54 Å². The molecule has 0 aliphatic heterocycles. The standard InChI is InChI=1S/C14H28N2O2/c1-4-12-6-8-14(11-15,9-7-12)18-10-13(17)16(3)5-2/h12H,4-11,15H2,1-3H3. The maximum absolute atomic E-state index is 11.8. The Hall–Kier alpha value is -0.610. The van der Waals surface area contributed by atoms with Gasteiger partial charge in [-0.25, -0.2) is 0 Å². The molecule has 1 amide bonds. The van der Waals surface area contributed by atoms with Crippen molar-refractivity contribution in [2.75, 3.05) is 26.7 Å². The fourth-order valence-corrected chi connectivity index (χ4v) is 2.52. The van der Waals surface area contributed by atoms with E-state index in [0.717, 1.165) is 25.3 Å². The summed E-state index contributed by atoms with van der Waals surface area (Å²) >= 11 is 0. The Kier molecular flexibility index (Phi) is 6.09. The van der Waals surface area contributed by atoms with E-state index in [9.17, 15) is 4.79 Å². The third-order valence-corrected chi connectivity index (χ3v) is 4.37. The van der Waals surface area contributed by atoms with Gasteiger partial charge in [-0.3, -0.25) is 4.79 Å². The Morgan fingerprint density at radius 2 is 2.00 bits per heavy atom. The molecule has 0 radical (unpaired) electrons. The third-order valence-electron chi connectivity index (χ3n) is 4.37. The Morgan fingerprint density at radius 1 is 1.39 bits per heavy atom. The molecule has 0 aromatic rings. The van der Waals surface area contributed by atoms with Crippen LogP contribution in [0.1, 0.15) is 46.0 Å². The summed E-state index contributed by atoms with van der Waals surface area (Å²) < 4.78 is 5.88. The van der Waals surface area contributed by atoms with Crippen LogP contribution in [0, 0.1) is 5.92 Å². The van der Waals surface area contributed by atoms with E-state index in [1.54, 1.807) is 11.9 Å². The fourth-order valence-electron chi connectivity index (χ4n) is 2.52. The SMILES string of the molecule is CCC1CCC(CN)(OCC(=O)N(C)CC)CC1. The van der Waals surface area contributed by atoms with Crippen molar-refractivity contribution in [3.8, 4) is 0 Å². The molecule has 1 saturated carbocycles. The molecular formula is C14H28N2O2. The first kappa shape index (κ1) is 15.4. The van der Waals surface area contributed by atoms with Gasteiger partial charge < -0.3 is 15.4 Å². The van der Waals surface area contributed by atoms with E-state index >= 15 is 0 Å². The van der Waals surface area contributed by atoms with Crippen molar-refractivity contribution in [1.29, 1.82) is 0 Å². The lowest BCUT2D eigenvalue weighted by Gasteiger charge is -2.39. The molecule has 0 heterocycles. The van der Waals surface area contributed by atoms with E-state index in [4.69, 9.17) is 10.5 Å². The van der Waals surface area contributed by atoms with E-state index < -0.39 is 0 Å². The molecule has 4 heteroatoms. The van der Waals surface area contributed by atoms with Crippen LogP contribution in [-0.4, -0.2) is 43.2 Å². The van der Waals surface area contributed by atoms with Crippen molar-refractivity contribution in [2.45, 2.75) is 51.6 Å². The number of likely N-dealkylation sites (N-methyl/N-ethyl adjacent to an activating group) is 1. The van der Waals surface area contributed by atoms with E-state index in [2.05, 4.69) is 6.92 Å². The Bertz CT molecular complexity index is 261. The van der Waals surface area contributed by atoms with Crippen molar-refractivity contribution >= 4 is 5.91 Å². The van der Waals surface area contributed by atoms with Crippen molar-refractivity contribution in [3.05, 3.63) is 0 Å². The van der Waals surface area contributed by atoms with E-state index in [1.807, 2.05) is 6.92 Å². The summed E-state index contributed by atoms with van der Waals surface area (Å²) in [5, 5.41) is 0. The summed E-state index contributed by atoms with van der Waals surface area (Å²) in [6.07, 6.45) is 5.56. The minimum absolute atomic E-state index is 0.0444. The second-order valence-corrected chi connectivity index (χ2v) is 5.44. The minimum Gasteiger partial charge on any atom is -0.364 e. The molecule has 106 valence electrons. The molecule has 4 nitrogen and oxygen atoms in total. The quantitative estimate of drug-likeness (QED) is 0.788. The largest absolute Gasteiger partial charge is 0.364 e. The topological polar surface area (TPSA) is 55.6 Å². The van der Waals surface area contributed by atoms with Crippen LogP contribution in [0.2, 0.25) is 0 Å². The predicted molar refractivity (Wildman–Crippen MR) is 73.3 cm³/mol. The van der Waals surface area contributed by atoms with Gasteiger partial charge in [0, 0.05) is 20.1 Å². The molecule has 0 bridgehead atoms. The third kappa shape index (κ3) is 3.95. The Morgan fingerprint density at radius 3 is 2.44 bits per heavy atom. The highest BCUT2D eigenvalue weighted by Crippen LogP contribution is 2.35. The highest BCUT2D eigenvalue weighted by Gasteiger charge is 2.35. The summed E-state index contributed by atoms with van der Waals surface area (Å²) in [6, 6.07) is 0. The smallest absolute Gasteiger partial charge is 0.248 e. The maximum atomic E-state index is 11.8. The summed E-state index contributed by atoms with van der Waals surface area (Å²) in [6.45, 7) is 5.60. The molecule has 1 fully saturated rings. The van der Waals surface area contributed by atoms with Crippen LogP contribution in [0.3, 0.4) is 0 Å². The van der Waals surface area contributed by atoms with Crippen molar-refractivity contribution in [1.82, 2.24) is 4.90 Å². The molecule has 1 aliphatic rings. The molecule has 2 N–H and O–H groups in total. The summed E-state index contributed by atoms with van der Waals surface area (Å²) in [4.78, 5) is 13.4. The summed E-state index contributed by atoms with van der Waals surface area (Å²) in [5.74, 6) is 0.852. The van der Waals surface area contributed by atoms with Crippen LogP contribution in [-0.2, 0) is 9.53 Å². The van der Waals surface area contributed by atoms with Gasteiger partial charge in [0.15, 0.2) is 0 Å². The van der Waals surface area contributed by atoms with Gasteiger partial charge in [-0.2, -0.15) is 0 Å². The van der Waals surface area contributed by atoms with Crippen LogP contribution in [0.4, 0.5) is 0 Å². The second-order valence-electron chi connectivity index (χ2n) is 5.44. The molecule has 0 spiro atoms. The molecule has 1 aliphatic carbocycles. The lowest BCUT2D eigenvalue weighted by molar-refractivity contribution is -0.144. The van der Waals surface area contributed by atoms with Crippen LogP contribution in [0.25, 0.3) is 0 Å². The first-order valence-electron chi connectivity index (χ1n) is 7.15. The zero-order valence-corrected chi connectivity index (χ0v) is 12.1. The van der Waals surface area contributed by atoms with Crippen LogP contribution >= 0.6 is 0 Å². The zero-order chi connectivity index (χ0) is 13.6. The maximum Gasteiger partial charge on any atom is 0.248 e. The highest BCUT2D eigenvalue weighted by molar-refractivity contribution is 5.77. The second kappa shape index (κ2) is 7.10. The van der Waals surface area contributed by atoms with Crippen molar-refractivity contribution < 1.29 is 9.53 Å². The minimum atomic E-state index is -0.254. The molecular weight excluding hydrogens is 228 g/mol. The average molecular weight is 256 g/mol. The first-order valence-corrected chi connectivity index (χ1v) is 7.15. The zero-order valence-electron chi connectivity index (χ0n) is 12.1. The summed E-state index contributed by atoms with van der Waals surface area (Å²) in [7, 11) is 1.80. The molecule has 18 heavy (non-hydrogen) atoms. The molecule has 1 rings (SSSR count). The number of carbonyl (C=O) groups excluding carboxylic acids is 1. The van der Waals surface area contributed by atoms with Gasteiger partial charge in [0.25, 0.3) is 0 Å². The van der Waals surface area contributed by atoms with E-state index in [-0.39, 0.29) is 18.1 Å². The van der Waals surface area contributed by atoms with Crippen LogP contribution < -0.4 is 5.73 Å². The number of nitrogens with two attached hydrogens (primary N) is 1. The highest BCUT2D eigenvalue weighted by atomic mass is 16.5. The van der Waals surface area contributed by atoms with Gasteiger partial charge in [0.2, 0.25) is 5.91 Å². The Labute approximate surface area is 111 Å². The molecule has 0 aromatic carbocycles. The predicted octanol–water partition coefficient (Wildman–Crippen LogP) is 1.78. The number of nitrogens with zero attached hydrogens (tertiary/aromatic N) is 1. The van der Waals surface area contributed by atoms with Gasteiger partial charge >= 0.3 is 0 Å². The number of rotatable bonds is 6. The van der Waals surface area contributed by atoms with Gasteiger partial charge in [0.1, 0.15) is 6.61 Å². The average Bonchev–Trinajstić information content (AvgIpc) is 2.44. The normalized spacial score (nSPS) is 28.1. The number of amides is 1.